The van der Waals surface area contributed by atoms with Crippen LogP contribution in [0.15, 0.2) is 16.5 Å². The summed E-state index contributed by atoms with van der Waals surface area (Å²) >= 11 is 5.76. The van der Waals surface area contributed by atoms with Gasteiger partial charge in [0, 0.05) is 0 Å². The zero-order valence-corrected chi connectivity index (χ0v) is 10.7. The summed E-state index contributed by atoms with van der Waals surface area (Å²) < 4.78 is 5.40. The minimum Gasteiger partial charge on any atom is -0.448 e. The minimum atomic E-state index is 0.261. The SMILES string of the molecule is CNC(CCC(C)(C)C)c1ccc(Cl)o1. The molecule has 1 aromatic heterocycles. The van der Waals surface area contributed by atoms with Gasteiger partial charge in [0.15, 0.2) is 5.22 Å². The first kappa shape index (κ1) is 12.6. The second-order valence-corrected chi connectivity index (χ2v) is 5.45. The molecule has 0 aliphatic rings. The molecule has 2 nitrogen and oxygen atoms in total. The Morgan fingerprint density at radius 1 is 1.40 bits per heavy atom. The molecule has 0 saturated heterocycles. The molecule has 0 aromatic carbocycles. The van der Waals surface area contributed by atoms with Gasteiger partial charge in [-0.2, -0.15) is 0 Å². The Bertz CT molecular complexity index is 301. The minimum absolute atomic E-state index is 0.261. The van der Waals surface area contributed by atoms with Gasteiger partial charge in [0.1, 0.15) is 5.76 Å². The Labute approximate surface area is 97.0 Å². The maximum absolute atomic E-state index is 5.76. The monoisotopic (exact) mass is 229 g/mol. The topological polar surface area (TPSA) is 25.2 Å². The third-order valence-electron chi connectivity index (χ3n) is 2.47. The van der Waals surface area contributed by atoms with Crippen LogP contribution in [-0.4, -0.2) is 7.05 Å². The van der Waals surface area contributed by atoms with Crippen molar-refractivity contribution in [3.05, 3.63) is 23.1 Å². The van der Waals surface area contributed by atoms with Gasteiger partial charge >= 0.3 is 0 Å². The van der Waals surface area contributed by atoms with Crippen molar-refractivity contribution >= 4 is 11.6 Å². The van der Waals surface area contributed by atoms with E-state index in [0.717, 1.165) is 18.6 Å². The van der Waals surface area contributed by atoms with E-state index < -0.39 is 0 Å². The highest BCUT2D eigenvalue weighted by Gasteiger charge is 2.17. The van der Waals surface area contributed by atoms with Crippen molar-refractivity contribution < 1.29 is 4.42 Å². The van der Waals surface area contributed by atoms with Crippen LogP contribution in [0.1, 0.15) is 45.4 Å². The van der Waals surface area contributed by atoms with Crippen molar-refractivity contribution in [2.45, 2.75) is 39.7 Å². The van der Waals surface area contributed by atoms with Gasteiger partial charge in [-0.05, 0) is 49.0 Å². The van der Waals surface area contributed by atoms with Crippen molar-refractivity contribution in [2.24, 2.45) is 5.41 Å². The van der Waals surface area contributed by atoms with Crippen LogP contribution < -0.4 is 5.32 Å². The zero-order valence-electron chi connectivity index (χ0n) is 9.93. The molecule has 0 saturated carbocycles. The van der Waals surface area contributed by atoms with Gasteiger partial charge in [-0.25, -0.2) is 0 Å². The van der Waals surface area contributed by atoms with E-state index in [1.54, 1.807) is 6.07 Å². The Kier molecular flexibility index (Phi) is 4.23. The van der Waals surface area contributed by atoms with Crippen LogP contribution >= 0.6 is 11.6 Å². The predicted molar refractivity (Wildman–Crippen MR) is 64.2 cm³/mol. The molecule has 1 N–H and O–H groups in total. The van der Waals surface area contributed by atoms with Gasteiger partial charge in [0.25, 0.3) is 0 Å². The van der Waals surface area contributed by atoms with Gasteiger partial charge in [-0.15, -0.1) is 0 Å². The van der Waals surface area contributed by atoms with Gasteiger partial charge in [-0.3, -0.25) is 0 Å². The van der Waals surface area contributed by atoms with Gasteiger partial charge in [0.05, 0.1) is 6.04 Å². The fraction of sp³-hybridized carbons (Fsp3) is 0.667. The summed E-state index contributed by atoms with van der Waals surface area (Å²) in [7, 11) is 1.95. The van der Waals surface area contributed by atoms with Crippen LogP contribution in [0, 0.1) is 5.41 Å². The molecule has 86 valence electrons. The molecule has 1 rings (SSSR count). The first-order valence-electron chi connectivity index (χ1n) is 5.35. The Hall–Kier alpha value is -0.470. The standard InChI is InChI=1S/C12H20ClNO/c1-12(2,3)8-7-9(14-4)10-5-6-11(13)15-10/h5-6,9,14H,7-8H2,1-4H3. The molecule has 0 spiro atoms. The molecule has 1 unspecified atom stereocenters. The van der Waals surface area contributed by atoms with Crippen LogP contribution in [0.3, 0.4) is 0 Å². The van der Waals surface area contributed by atoms with E-state index >= 15 is 0 Å². The van der Waals surface area contributed by atoms with Gasteiger partial charge in [0.2, 0.25) is 0 Å². The van der Waals surface area contributed by atoms with Gasteiger partial charge < -0.3 is 9.73 Å². The summed E-state index contributed by atoms with van der Waals surface area (Å²) in [6, 6.07) is 3.99. The molecule has 0 aliphatic heterocycles. The summed E-state index contributed by atoms with van der Waals surface area (Å²) in [4.78, 5) is 0. The molecule has 0 aliphatic carbocycles. The summed E-state index contributed by atoms with van der Waals surface area (Å²) in [5.41, 5.74) is 0.353. The molecule has 15 heavy (non-hydrogen) atoms. The fourth-order valence-corrected chi connectivity index (χ4v) is 1.67. The third-order valence-corrected chi connectivity index (χ3v) is 2.67. The van der Waals surface area contributed by atoms with Gasteiger partial charge in [-0.1, -0.05) is 20.8 Å². The molecule has 0 bridgehead atoms. The van der Waals surface area contributed by atoms with Crippen LogP contribution in [0.2, 0.25) is 5.22 Å². The highest BCUT2D eigenvalue weighted by molar-refractivity contribution is 6.28. The zero-order chi connectivity index (χ0) is 11.5. The number of furan rings is 1. The van der Waals surface area contributed by atoms with E-state index in [0.29, 0.717) is 10.6 Å². The van der Waals surface area contributed by atoms with Crippen molar-refractivity contribution in [3.8, 4) is 0 Å². The summed E-state index contributed by atoms with van der Waals surface area (Å²) in [6.45, 7) is 6.73. The highest BCUT2D eigenvalue weighted by atomic mass is 35.5. The van der Waals surface area contributed by atoms with E-state index in [9.17, 15) is 0 Å². The lowest BCUT2D eigenvalue weighted by Gasteiger charge is -2.21. The summed E-state index contributed by atoms with van der Waals surface area (Å²) in [6.07, 6.45) is 2.21. The number of nitrogens with one attached hydrogen (secondary N) is 1. The molecular weight excluding hydrogens is 210 g/mol. The lowest BCUT2D eigenvalue weighted by atomic mass is 9.88. The number of hydrogen-bond donors (Lipinski definition) is 1. The first-order valence-corrected chi connectivity index (χ1v) is 5.73. The first-order chi connectivity index (χ1) is 6.92. The Morgan fingerprint density at radius 2 is 2.07 bits per heavy atom. The number of rotatable bonds is 4. The van der Waals surface area contributed by atoms with E-state index in [4.69, 9.17) is 16.0 Å². The molecule has 0 fully saturated rings. The fourth-order valence-electron chi connectivity index (χ4n) is 1.52. The molecule has 0 amide bonds. The Morgan fingerprint density at radius 3 is 2.47 bits per heavy atom. The lowest BCUT2D eigenvalue weighted by molar-refractivity contribution is 0.318. The molecule has 3 heteroatoms. The largest absolute Gasteiger partial charge is 0.448 e. The van der Waals surface area contributed by atoms with Crippen LogP contribution in [0.25, 0.3) is 0 Å². The van der Waals surface area contributed by atoms with E-state index in [2.05, 4.69) is 26.1 Å². The van der Waals surface area contributed by atoms with Crippen LogP contribution in [-0.2, 0) is 0 Å². The molecule has 0 radical (unpaired) electrons. The van der Waals surface area contributed by atoms with E-state index in [1.165, 1.54) is 0 Å². The van der Waals surface area contributed by atoms with Crippen molar-refractivity contribution in [3.63, 3.8) is 0 Å². The van der Waals surface area contributed by atoms with E-state index in [1.807, 2.05) is 13.1 Å². The average molecular weight is 230 g/mol. The summed E-state index contributed by atoms with van der Waals surface area (Å²) in [5, 5.41) is 3.71. The molecular formula is C12H20ClNO. The second-order valence-electron chi connectivity index (χ2n) is 5.08. The lowest BCUT2D eigenvalue weighted by Crippen LogP contribution is -2.18. The second kappa shape index (κ2) is 5.04. The van der Waals surface area contributed by atoms with Crippen LogP contribution in [0.5, 0.6) is 0 Å². The molecule has 1 aromatic rings. The third kappa shape index (κ3) is 4.27. The normalized spacial score (nSPS) is 14.2. The smallest absolute Gasteiger partial charge is 0.193 e. The predicted octanol–water partition coefficient (Wildman–Crippen LogP) is 4.02. The Balaban J connectivity index is 2.57. The van der Waals surface area contributed by atoms with Crippen molar-refractivity contribution in [1.29, 1.82) is 0 Å². The maximum Gasteiger partial charge on any atom is 0.193 e. The van der Waals surface area contributed by atoms with E-state index in [-0.39, 0.29) is 6.04 Å². The molecule has 1 heterocycles. The number of halogens is 1. The maximum atomic E-state index is 5.76. The molecule has 1 atom stereocenters. The van der Waals surface area contributed by atoms with Crippen LogP contribution in [0.4, 0.5) is 0 Å². The highest BCUT2D eigenvalue weighted by Crippen LogP contribution is 2.28. The quantitative estimate of drug-likeness (QED) is 0.844. The summed E-state index contributed by atoms with van der Waals surface area (Å²) in [5.74, 6) is 0.923. The average Bonchev–Trinajstić information content (AvgIpc) is 2.51. The van der Waals surface area contributed by atoms with Crippen molar-refractivity contribution in [2.75, 3.05) is 7.05 Å². The number of hydrogen-bond acceptors (Lipinski definition) is 2. The van der Waals surface area contributed by atoms with Crippen molar-refractivity contribution in [1.82, 2.24) is 5.32 Å².